The molecule has 4 aliphatic rings. The number of ketones is 1. The molecular weight excluding hydrogens is 272 g/mol. The predicted octanol–water partition coefficient (Wildman–Crippen LogP) is 4.27. The van der Waals surface area contributed by atoms with Crippen molar-refractivity contribution in [2.24, 2.45) is 28.6 Å². The number of aliphatic hydroxyl groups is 1. The molecule has 0 heterocycles. The normalized spacial score (nSPS) is 54.3. The van der Waals surface area contributed by atoms with Gasteiger partial charge in [0.05, 0.1) is 5.60 Å². The van der Waals surface area contributed by atoms with E-state index in [9.17, 15) is 9.90 Å². The third-order valence-electron chi connectivity index (χ3n) is 8.41. The van der Waals surface area contributed by atoms with Gasteiger partial charge in [0, 0.05) is 18.3 Å². The molecule has 0 radical (unpaired) electrons. The second kappa shape index (κ2) is 4.47. The molecule has 122 valence electrons. The zero-order chi connectivity index (χ0) is 15.8. The fraction of sp³-hybridized carbons (Fsp3) is 0.850. The fourth-order valence-electron chi connectivity index (χ4n) is 6.55. The Morgan fingerprint density at radius 1 is 1.14 bits per heavy atom. The van der Waals surface area contributed by atoms with E-state index in [1.165, 1.54) is 19.3 Å². The lowest BCUT2D eigenvalue weighted by atomic mass is 9.48. The average Bonchev–Trinajstić information content (AvgIpc) is 2.70. The summed E-state index contributed by atoms with van der Waals surface area (Å²) in [6.45, 7) is 6.80. The predicted molar refractivity (Wildman–Crippen MR) is 87.3 cm³/mol. The number of rotatable bonds is 0. The van der Waals surface area contributed by atoms with Gasteiger partial charge in [-0.3, -0.25) is 4.79 Å². The molecule has 0 aromatic heterocycles. The molecule has 1 N–H and O–H groups in total. The van der Waals surface area contributed by atoms with Crippen LogP contribution in [0.4, 0.5) is 0 Å². The summed E-state index contributed by atoms with van der Waals surface area (Å²) in [5.41, 5.74) is 1.46. The molecule has 0 unspecified atom stereocenters. The first-order valence-corrected chi connectivity index (χ1v) is 9.22. The van der Waals surface area contributed by atoms with Crippen LogP contribution in [0.2, 0.25) is 0 Å². The Bertz CT molecular complexity index is 546. The van der Waals surface area contributed by atoms with Crippen LogP contribution < -0.4 is 0 Å². The molecule has 0 bridgehead atoms. The monoisotopic (exact) mass is 302 g/mol. The Labute approximate surface area is 134 Å². The smallest absolute Gasteiger partial charge is 0.133 e. The topological polar surface area (TPSA) is 37.3 Å². The van der Waals surface area contributed by atoms with Gasteiger partial charge in [0.25, 0.3) is 0 Å². The third-order valence-corrected chi connectivity index (χ3v) is 8.41. The van der Waals surface area contributed by atoms with Gasteiger partial charge < -0.3 is 5.11 Å². The standard InChI is InChI=1S/C20H30O2/c1-18-9-6-14(21)12-13(18)4-5-15-16(18)7-10-19(2)17(15)8-11-20(19,3)22/h7,13,15,17,22H,4-6,8-12H2,1-3H3/t13-,15+,17+,18-,19+,20+/m0/s1. The molecule has 0 aliphatic heterocycles. The quantitative estimate of drug-likeness (QED) is 0.679. The number of allylic oxidation sites excluding steroid dienone is 2. The number of carbonyl (C=O) groups excluding carboxylic acids is 1. The minimum Gasteiger partial charge on any atom is -0.390 e. The summed E-state index contributed by atoms with van der Waals surface area (Å²) < 4.78 is 0. The van der Waals surface area contributed by atoms with E-state index in [0.29, 0.717) is 23.5 Å². The number of fused-ring (bicyclic) bond motifs is 5. The molecule has 3 saturated carbocycles. The molecule has 0 amide bonds. The van der Waals surface area contributed by atoms with Crippen molar-refractivity contribution in [2.45, 2.75) is 77.7 Å². The highest BCUT2D eigenvalue weighted by Crippen LogP contribution is 2.65. The number of hydrogen-bond acceptors (Lipinski definition) is 2. The third kappa shape index (κ3) is 1.74. The first-order chi connectivity index (χ1) is 10.3. The number of carbonyl (C=O) groups is 1. The van der Waals surface area contributed by atoms with E-state index in [2.05, 4.69) is 26.8 Å². The van der Waals surface area contributed by atoms with Gasteiger partial charge in [-0.25, -0.2) is 0 Å². The number of hydrogen-bond donors (Lipinski definition) is 1. The molecule has 0 aromatic carbocycles. The van der Waals surface area contributed by atoms with Crippen LogP contribution in [0.1, 0.15) is 72.1 Å². The van der Waals surface area contributed by atoms with Crippen LogP contribution in [-0.4, -0.2) is 16.5 Å². The molecule has 4 rings (SSSR count). The Hall–Kier alpha value is -0.630. The molecule has 3 fully saturated rings. The van der Waals surface area contributed by atoms with Gasteiger partial charge in [-0.05, 0) is 68.6 Å². The van der Waals surface area contributed by atoms with E-state index in [-0.39, 0.29) is 10.8 Å². The van der Waals surface area contributed by atoms with Gasteiger partial charge in [0.2, 0.25) is 0 Å². The highest BCUT2D eigenvalue weighted by Gasteiger charge is 2.60. The summed E-state index contributed by atoms with van der Waals surface area (Å²) in [7, 11) is 0. The molecule has 0 saturated heterocycles. The van der Waals surface area contributed by atoms with Crippen molar-refractivity contribution in [1.29, 1.82) is 0 Å². The Morgan fingerprint density at radius 3 is 2.68 bits per heavy atom. The van der Waals surface area contributed by atoms with E-state index in [0.717, 1.165) is 32.1 Å². The SMILES string of the molecule is C[C@]12CCC(=O)C[C@@H]1CC[C@@H]1C2=CC[C@]2(C)[C@@H]1CC[C@@]2(C)O. The van der Waals surface area contributed by atoms with E-state index in [1.54, 1.807) is 5.57 Å². The summed E-state index contributed by atoms with van der Waals surface area (Å²) >= 11 is 0. The maximum Gasteiger partial charge on any atom is 0.133 e. The fourth-order valence-corrected chi connectivity index (χ4v) is 6.55. The Balaban J connectivity index is 1.72. The lowest BCUT2D eigenvalue weighted by molar-refractivity contribution is -0.125. The molecular formula is C20H30O2. The first kappa shape index (κ1) is 14.9. The van der Waals surface area contributed by atoms with Crippen molar-refractivity contribution in [3.8, 4) is 0 Å². The van der Waals surface area contributed by atoms with Crippen LogP contribution >= 0.6 is 0 Å². The second-order valence-corrected chi connectivity index (χ2v) is 9.24. The van der Waals surface area contributed by atoms with E-state index in [1.807, 2.05) is 0 Å². The molecule has 0 aromatic rings. The first-order valence-electron chi connectivity index (χ1n) is 9.22. The molecule has 0 spiro atoms. The van der Waals surface area contributed by atoms with E-state index < -0.39 is 5.60 Å². The Morgan fingerprint density at radius 2 is 1.91 bits per heavy atom. The van der Waals surface area contributed by atoms with E-state index in [4.69, 9.17) is 0 Å². The maximum atomic E-state index is 11.9. The lowest BCUT2D eigenvalue weighted by Crippen LogP contribution is -2.51. The summed E-state index contributed by atoms with van der Waals surface area (Å²) in [6.07, 6.45) is 10.7. The minimum absolute atomic E-state index is 0.0504. The highest BCUT2D eigenvalue weighted by atomic mass is 16.3. The van der Waals surface area contributed by atoms with E-state index >= 15 is 0 Å². The van der Waals surface area contributed by atoms with Gasteiger partial charge in [-0.1, -0.05) is 25.5 Å². The lowest BCUT2D eigenvalue weighted by Gasteiger charge is -2.56. The van der Waals surface area contributed by atoms with Crippen LogP contribution in [-0.2, 0) is 4.79 Å². The average molecular weight is 302 g/mol. The van der Waals surface area contributed by atoms with Crippen LogP contribution in [0, 0.1) is 28.6 Å². The molecule has 2 heteroatoms. The highest BCUT2D eigenvalue weighted by molar-refractivity contribution is 5.80. The minimum atomic E-state index is -0.514. The van der Waals surface area contributed by atoms with Crippen molar-refractivity contribution in [2.75, 3.05) is 0 Å². The summed E-state index contributed by atoms with van der Waals surface area (Å²) in [4.78, 5) is 11.9. The summed E-state index contributed by atoms with van der Waals surface area (Å²) in [5.74, 6) is 2.34. The van der Waals surface area contributed by atoms with Crippen molar-refractivity contribution < 1.29 is 9.90 Å². The van der Waals surface area contributed by atoms with Crippen molar-refractivity contribution in [3.05, 3.63) is 11.6 Å². The summed E-state index contributed by atoms with van der Waals surface area (Å²) in [5, 5.41) is 10.9. The van der Waals surface area contributed by atoms with Crippen LogP contribution in [0.3, 0.4) is 0 Å². The van der Waals surface area contributed by atoms with Crippen molar-refractivity contribution in [1.82, 2.24) is 0 Å². The number of Topliss-reactive ketones (excluding diaryl/α,β-unsaturated/α-hetero) is 1. The molecule has 4 aliphatic carbocycles. The van der Waals surface area contributed by atoms with Gasteiger partial charge in [0.15, 0.2) is 0 Å². The van der Waals surface area contributed by atoms with Crippen LogP contribution in [0.5, 0.6) is 0 Å². The van der Waals surface area contributed by atoms with Gasteiger partial charge in [-0.2, -0.15) is 0 Å². The molecule has 6 atom stereocenters. The maximum absolute atomic E-state index is 11.9. The van der Waals surface area contributed by atoms with Gasteiger partial charge >= 0.3 is 0 Å². The summed E-state index contributed by atoms with van der Waals surface area (Å²) in [6, 6.07) is 0. The van der Waals surface area contributed by atoms with Crippen molar-refractivity contribution >= 4 is 5.78 Å². The van der Waals surface area contributed by atoms with Gasteiger partial charge in [-0.15, -0.1) is 0 Å². The van der Waals surface area contributed by atoms with Crippen LogP contribution in [0.25, 0.3) is 0 Å². The molecule has 2 nitrogen and oxygen atoms in total. The molecule has 22 heavy (non-hydrogen) atoms. The zero-order valence-electron chi connectivity index (χ0n) is 14.3. The largest absolute Gasteiger partial charge is 0.390 e. The Kier molecular flexibility index (Phi) is 3.03. The second-order valence-electron chi connectivity index (χ2n) is 9.24. The van der Waals surface area contributed by atoms with Crippen LogP contribution in [0.15, 0.2) is 11.6 Å². The zero-order valence-corrected chi connectivity index (χ0v) is 14.3. The van der Waals surface area contributed by atoms with Gasteiger partial charge in [0.1, 0.15) is 5.78 Å². The van der Waals surface area contributed by atoms with Crippen molar-refractivity contribution in [3.63, 3.8) is 0 Å².